The lowest BCUT2D eigenvalue weighted by Gasteiger charge is -2.42. The Balaban J connectivity index is 2.70. The van der Waals surface area contributed by atoms with E-state index < -0.39 is 36.9 Å². The van der Waals surface area contributed by atoms with Crippen LogP contribution in [0.15, 0.2) is 0 Å². The van der Waals surface area contributed by atoms with Gasteiger partial charge in [-0.1, -0.05) is 12.2 Å². The Morgan fingerprint density at radius 1 is 1.36 bits per heavy atom. The number of aliphatic hydroxyl groups excluding tert-OH is 3. The van der Waals surface area contributed by atoms with Gasteiger partial charge in [0.25, 0.3) is 0 Å². The van der Waals surface area contributed by atoms with Crippen LogP contribution >= 0.6 is 0 Å². The Bertz CT molecular complexity index is 322. The third-order valence-corrected chi connectivity index (χ3v) is 3.53. The number of nitrogens with one attached hydrogen (secondary N) is 1. The molecule has 1 aliphatic carbocycles. The summed E-state index contributed by atoms with van der Waals surface area (Å²) in [5, 5.41) is 42.2. The molecule has 22 heavy (non-hydrogen) atoms. The molecule has 6 unspecified atom stereocenters. The summed E-state index contributed by atoms with van der Waals surface area (Å²) in [6.45, 7) is 2.68. The fraction of sp³-hybridized carbons (Fsp3) is 1.00. The van der Waals surface area contributed by atoms with Crippen LogP contribution in [0.3, 0.4) is 0 Å². The minimum atomic E-state index is -1.57. The molecule has 10 nitrogen and oxygen atoms in total. The van der Waals surface area contributed by atoms with Crippen LogP contribution in [0.25, 0.3) is 0 Å². The number of ether oxygens (including phenoxy) is 1. The Morgan fingerprint density at radius 2 is 2.00 bits per heavy atom. The third kappa shape index (κ3) is 5.35. The zero-order valence-electron chi connectivity index (χ0n) is 12.9. The van der Waals surface area contributed by atoms with E-state index in [1.165, 1.54) is 0 Å². The van der Waals surface area contributed by atoms with E-state index in [4.69, 9.17) is 26.2 Å². The van der Waals surface area contributed by atoms with Gasteiger partial charge in [0.15, 0.2) is 6.23 Å². The smallest absolute Gasteiger partial charge is 0.220 e. The summed E-state index contributed by atoms with van der Waals surface area (Å²) in [6.07, 6.45) is -5.13. The number of nitrogens with zero attached hydrogens (tertiary/aromatic N) is 1. The molecule has 1 saturated carbocycles. The first-order valence-electron chi connectivity index (χ1n) is 7.31. The van der Waals surface area contributed by atoms with Gasteiger partial charge in [0, 0.05) is 19.1 Å². The molecule has 0 aliphatic heterocycles. The zero-order valence-corrected chi connectivity index (χ0v) is 12.9. The molecule has 9 N–H and O–H groups in total. The molecule has 0 bridgehead atoms. The maximum atomic E-state index is 10.2. The van der Waals surface area contributed by atoms with Gasteiger partial charge in [-0.2, -0.15) is 0 Å². The van der Waals surface area contributed by atoms with Gasteiger partial charge in [-0.25, -0.2) is 4.84 Å². The average Bonchev–Trinajstić information content (AvgIpc) is 2.44. The predicted molar refractivity (Wildman–Crippen MR) is 76.2 cm³/mol. The lowest BCUT2D eigenvalue weighted by molar-refractivity contribution is -0.409. The van der Waals surface area contributed by atoms with E-state index in [-0.39, 0.29) is 6.04 Å². The van der Waals surface area contributed by atoms with E-state index in [1.807, 2.05) is 6.92 Å². The van der Waals surface area contributed by atoms with Crippen molar-refractivity contribution in [1.82, 2.24) is 10.5 Å². The second-order valence-corrected chi connectivity index (χ2v) is 5.47. The summed E-state index contributed by atoms with van der Waals surface area (Å²) in [6, 6.07) is -0.964. The summed E-state index contributed by atoms with van der Waals surface area (Å²) in [5.74, 6) is 0. The summed E-state index contributed by atoms with van der Waals surface area (Å²) < 4.78 is 5.35. The molecular weight excluding hydrogens is 296 g/mol. The van der Waals surface area contributed by atoms with E-state index in [0.717, 1.165) is 13.5 Å². The van der Waals surface area contributed by atoms with Crippen molar-refractivity contribution < 1.29 is 30.1 Å². The standard InChI is InChI=1S/C12H28N4O6/c1-3-4-15-7-5-6(13)10(9(18)8(7)17)21-12(11(14)19)22-16(2)20/h6-12,15,17-20H,3-5,13-14H2,1-2H3/t6?,7?,8?,9?,10?,11-,12?/m0/s1. The van der Waals surface area contributed by atoms with Gasteiger partial charge in [-0.15, -0.1) is 0 Å². The molecule has 0 spiro atoms. The molecule has 0 aromatic rings. The Labute approximate surface area is 129 Å². The van der Waals surface area contributed by atoms with Crippen molar-refractivity contribution in [2.24, 2.45) is 11.5 Å². The molecule has 0 aromatic carbocycles. The summed E-state index contributed by atoms with van der Waals surface area (Å²) in [7, 11) is 1.16. The summed E-state index contributed by atoms with van der Waals surface area (Å²) in [5.41, 5.74) is 11.3. The van der Waals surface area contributed by atoms with Crippen LogP contribution in [-0.2, 0) is 9.57 Å². The van der Waals surface area contributed by atoms with Crippen LogP contribution in [0.2, 0.25) is 0 Å². The van der Waals surface area contributed by atoms with Crippen LogP contribution < -0.4 is 16.8 Å². The van der Waals surface area contributed by atoms with Gasteiger partial charge in [-0.3, -0.25) is 5.21 Å². The van der Waals surface area contributed by atoms with Crippen LogP contribution in [0.5, 0.6) is 0 Å². The zero-order chi connectivity index (χ0) is 16.9. The SMILES string of the molecule is CCCNC1CC(N)C(OC(ON(C)O)[C@@H](N)O)C(O)C1O. The van der Waals surface area contributed by atoms with Crippen LogP contribution in [0, 0.1) is 0 Å². The summed E-state index contributed by atoms with van der Waals surface area (Å²) in [4.78, 5) is 4.77. The van der Waals surface area contributed by atoms with E-state index in [0.29, 0.717) is 18.2 Å². The molecule has 7 atom stereocenters. The highest BCUT2D eigenvalue weighted by Crippen LogP contribution is 2.24. The number of aliphatic hydroxyl groups is 3. The van der Waals surface area contributed by atoms with Gasteiger partial charge in [0.1, 0.15) is 12.2 Å². The number of rotatable bonds is 8. The fourth-order valence-electron chi connectivity index (χ4n) is 2.44. The highest BCUT2D eigenvalue weighted by Gasteiger charge is 2.44. The predicted octanol–water partition coefficient (Wildman–Crippen LogP) is -2.95. The second-order valence-electron chi connectivity index (χ2n) is 5.47. The molecule has 132 valence electrons. The fourth-order valence-corrected chi connectivity index (χ4v) is 2.44. The van der Waals surface area contributed by atoms with Crippen LogP contribution in [-0.4, -0.2) is 82.3 Å². The topological polar surface area (TPSA) is 167 Å². The van der Waals surface area contributed by atoms with Crippen LogP contribution in [0.1, 0.15) is 19.8 Å². The minimum absolute atomic E-state index is 0.323. The van der Waals surface area contributed by atoms with Crippen molar-refractivity contribution in [3.05, 3.63) is 0 Å². The van der Waals surface area contributed by atoms with Crippen molar-refractivity contribution in [3.8, 4) is 0 Å². The van der Waals surface area contributed by atoms with E-state index in [2.05, 4.69) is 5.32 Å². The number of hydrogen-bond donors (Lipinski definition) is 7. The first-order chi connectivity index (χ1) is 10.3. The lowest BCUT2D eigenvalue weighted by atomic mass is 9.84. The third-order valence-electron chi connectivity index (χ3n) is 3.53. The van der Waals surface area contributed by atoms with E-state index in [1.54, 1.807) is 0 Å². The Kier molecular flexibility index (Phi) is 8.07. The number of hydroxylamine groups is 2. The molecule has 0 radical (unpaired) electrons. The average molecular weight is 324 g/mol. The maximum Gasteiger partial charge on any atom is 0.220 e. The second kappa shape index (κ2) is 9.03. The van der Waals surface area contributed by atoms with Gasteiger partial charge < -0.3 is 36.8 Å². The quantitative estimate of drug-likeness (QED) is 0.181. The minimum Gasteiger partial charge on any atom is -0.389 e. The first-order valence-corrected chi connectivity index (χ1v) is 7.31. The molecule has 1 aliphatic rings. The first kappa shape index (κ1) is 19.6. The maximum absolute atomic E-state index is 10.2. The largest absolute Gasteiger partial charge is 0.389 e. The monoisotopic (exact) mass is 324 g/mol. The van der Waals surface area contributed by atoms with Gasteiger partial charge in [0.2, 0.25) is 6.29 Å². The molecule has 0 heterocycles. The Morgan fingerprint density at radius 3 is 2.50 bits per heavy atom. The molecule has 10 heteroatoms. The molecule has 0 aromatic heterocycles. The van der Waals surface area contributed by atoms with Crippen molar-refractivity contribution in [3.63, 3.8) is 0 Å². The molecule has 1 fully saturated rings. The number of hydrogen-bond acceptors (Lipinski definition) is 10. The highest BCUT2D eigenvalue weighted by molar-refractivity contribution is 4.99. The highest BCUT2D eigenvalue weighted by atomic mass is 16.9. The van der Waals surface area contributed by atoms with Crippen molar-refractivity contribution >= 4 is 0 Å². The van der Waals surface area contributed by atoms with Gasteiger partial charge >= 0.3 is 0 Å². The van der Waals surface area contributed by atoms with Crippen LogP contribution in [0.4, 0.5) is 0 Å². The Hall–Kier alpha value is -0.400. The lowest BCUT2D eigenvalue weighted by Crippen LogP contribution is -2.64. The van der Waals surface area contributed by atoms with Gasteiger partial charge in [0.05, 0.1) is 6.10 Å². The molecular formula is C12H28N4O6. The molecule has 0 amide bonds. The summed E-state index contributed by atoms with van der Waals surface area (Å²) >= 11 is 0. The van der Waals surface area contributed by atoms with Crippen molar-refractivity contribution in [2.75, 3.05) is 13.6 Å². The van der Waals surface area contributed by atoms with Gasteiger partial charge in [-0.05, 0) is 19.4 Å². The van der Waals surface area contributed by atoms with E-state index in [9.17, 15) is 15.3 Å². The normalized spacial score (nSPS) is 35.6. The molecule has 1 rings (SSSR count). The van der Waals surface area contributed by atoms with Crippen molar-refractivity contribution in [2.45, 2.75) is 62.7 Å². The number of nitrogens with two attached hydrogens (primary N) is 2. The van der Waals surface area contributed by atoms with Crippen molar-refractivity contribution in [1.29, 1.82) is 0 Å². The molecule has 0 saturated heterocycles. The van der Waals surface area contributed by atoms with E-state index >= 15 is 0 Å².